The van der Waals surface area contributed by atoms with E-state index in [0.717, 1.165) is 45.3 Å². The predicted octanol–water partition coefficient (Wildman–Crippen LogP) is 1.34. The molecule has 2 fully saturated rings. The van der Waals surface area contributed by atoms with Gasteiger partial charge in [-0.15, -0.1) is 0 Å². The standard InChI is InChI=1S/C12H22N2O/c1-10-3-4-12(15)14(9-10)11-5-7-13(2)8-6-11/h10-11H,3-9H2,1-2H3. The number of piperidine rings is 2. The smallest absolute Gasteiger partial charge is 0.222 e. The maximum atomic E-state index is 11.8. The lowest BCUT2D eigenvalue weighted by atomic mass is 9.95. The minimum atomic E-state index is 0.391. The van der Waals surface area contributed by atoms with Gasteiger partial charge in [-0.1, -0.05) is 6.92 Å². The molecule has 0 bridgehead atoms. The van der Waals surface area contributed by atoms with E-state index in [0.29, 0.717) is 17.9 Å². The first-order chi connectivity index (χ1) is 7.16. The normalized spacial score (nSPS) is 30.9. The van der Waals surface area contributed by atoms with Crippen molar-refractivity contribution in [2.45, 2.75) is 38.6 Å². The zero-order valence-electron chi connectivity index (χ0n) is 9.91. The third-order valence-electron chi connectivity index (χ3n) is 3.81. The number of carbonyl (C=O) groups is 1. The molecular formula is C12H22N2O. The molecule has 3 heteroatoms. The summed E-state index contributed by atoms with van der Waals surface area (Å²) >= 11 is 0. The molecule has 2 rings (SSSR count). The van der Waals surface area contributed by atoms with E-state index in [9.17, 15) is 4.79 Å². The minimum Gasteiger partial charge on any atom is -0.339 e. The van der Waals surface area contributed by atoms with Crippen LogP contribution in [0.1, 0.15) is 32.6 Å². The first kappa shape index (κ1) is 10.9. The highest BCUT2D eigenvalue weighted by atomic mass is 16.2. The summed E-state index contributed by atoms with van der Waals surface area (Å²) in [7, 11) is 2.16. The van der Waals surface area contributed by atoms with Crippen molar-refractivity contribution in [2.75, 3.05) is 26.7 Å². The topological polar surface area (TPSA) is 23.6 Å². The van der Waals surface area contributed by atoms with Gasteiger partial charge in [-0.2, -0.15) is 0 Å². The van der Waals surface area contributed by atoms with Gasteiger partial charge < -0.3 is 9.80 Å². The van der Waals surface area contributed by atoms with Crippen molar-refractivity contribution < 1.29 is 4.79 Å². The van der Waals surface area contributed by atoms with Gasteiger partial charge in [0.1, 0.15) is 0 Å². The van der Waals surface area contributed by atoms with Gasteiger partial charge in [0.25, 0.3) is 0 Å². The van der Waals surface area contributed by atoms with Crippen molar-refractivity contribution in [2.24, 2.45) is 5.92 Å². The Hall–Kier alpha value is -0.570. The average molecular weight is 210 g/mol. The van der Waals surface area contributed by atoms with E-state index in [2.05, 4.69) is 23.8 Å². The number of carbonyl (C=O) groups excluding carboxylic acids is 1. The molecule has 3 nitrogen and oxygen atoms in total. The molecule has 0 radical (unpaired) electrons. The van der Waals surface area contributed by atoms with E-state index in [1.165, 1.54) is 0 Å². The Morgan fingerprint density at radius 1 is 1.20 bits per heavy atom. The molecule has 0 aliphatic carbocycles. The van der Waals surface area contributed by atoms with Crippen LogP contribution in [0.25, 0.3) is 0 Å². The van der Waals surface area contributed by atoms with E-state index in [1.54, 1.807) is 0 Å². The maximum Gasteiger partial charge on any atom is 0.222 e. The minimum absolute atomic E-state index is 0.391. The summed E-state index contributed by atoms with van der Waals surface area (Å²) in [5.41, 5.74) is 0. The van der Waals surface area contributed by atoms with Gasteiger partial charge in [-0.25, -0.2) is 0 Å². The lowest BCUT2D eigenvalue weighted by molar-refractivity contribution is -0.138. The van der Waals surface area contributed by atoms with Crippen molar-refractivity contribution >= 4 is 5.91 Å². The number of amides is 1. The van der Waals surface area contributed by atoms with Gasteiger partial charge in [0.2, 0.25) is 5.91 Å². The highest BCUT2D eigenvalue weighted by Crippen LogP contribution is 2.23. The lowest BCUT2D eigenvalue weighted by Crippen LogP contribution is -2.50. The van der Waals surface area contributed by atoms with Crippen LogP contribution in [0.15, 0.2) is 0 Å². The molecule has 1 atom stereocenters. The lowest BCUT2D eigenvalue weighted by Gasteiger charge is -2.41. The van der Waals surface area contributed by atoms with Gasteiger partial charge in [-0.3, -0.25) is 4.79 Å². The summed E-state index contributed by atoms with van der Waals surface area (Å²) in [4.78, 5) is 16.3. The molecule has 2 saturated heterocycles. The highest BCUT2D eigenvalue weighted by molar-refractivity contribution is 5.77. The van der Waals surface area contributed by atoms with Crippen LogP contribution in [0, 0.1) is 5.92 Å². The Kier molecular flexibility index (Phi) is 3.29. The Bertz CT molecular complexity index is 234. The van der Waals surface area contributed by atoms with Crippen molar-refractivity contribution in [1.82, 2.24) is 9.80 Å². The van der Waals surface area contributed by atoms with Gasteiger partial charge in [0, 0.05) is 19.0 Å². The summed E-state index contributed by atoms with van der Waals surface area (Å²) in [6, 6.07) is 0.524. The molecule has 0 spiro atoms. The van der Waals surface area contributed by atoms with Crippen LogP contribution in [0.4, 0.5) is 0 Å². The Balaban J connectivity index is 1.93. The first-order valence-electron chi connectivity index (χ1n) is 6.15. The van der Waals surface area contributed by atoms with Crippen molar-refractivity contribution in [3.8, 4) is 0 Å². The van der Waals surface area contributed by atoms with Crippen LogP contribution in [0.3, 0.4) is 0 Å². The van der Waals surface area contributed by atoms with Gasteiger partial charge in [0.05, 0.1) is 0 Å². The number of hydrogen-bond donors (Lipinski definition) is 0. The van der Waals surface area contributed by atoms with Crippen LogP contribution >= 0.6 is 0 Å². The number of hydrogen-bond acceptors (Lipinski definition) is 2. The Labute approximate surface area is 92.4 Å². The monoisotopic (exact) mass is 210 g/mol. The first-order valence-corrected chi connectivity index (χ1v) is 6.15. The third kappa shape index (κ3) is 2.51. The zero-order valence-corrected chi connectivity index (χ0v) is 9.91. The number of likely N-dealkylation sites (tertiary alicyclic amines) is 2. The predicted molar refractivity (Wildman–Crippen MR) is 60.6 cm³/mol. The van der Waals surface area contributed by atoms with Crippen molar-refractivity contribution in [3.05, 3.63) is 0 Å². The van der Waals surface area contributed by atoms with E-state index >= 15 is 0 Å². The summed E-state index contributed by atoms with van der Waals surface area (Å²) in [5.74, 6) is 1.09. The van der Waals surface area contributed by atoms with Gasteiger partial charge >= 0.3 is 0 Å². The molecular weight excluding hydrogens is 188 g/mol. The fourth-order valence-electron chi connectivity index (χ4n) is 2.70. The van der Waals surface area contributed by atoms with Gasteiger partial charge in [-0.05, 0) is 45.3 Å². The molecule has 2 aliphatic heterocycles. The molecule has 2 heterocycles. The maximum absolute atomic E-state index is 11.8. The van der Waals surface area contributed by atoms with E-state index in [1.807, 2.05) is 0 Å². The number of rotatable bonds is 1. The van der Waals surface area contributed by atoms with Crippen molar-refractivity contribution in [1.29, 1.82) is 0 Å². The van der Waals surface area contributed by atoms with E-state index in [4.69, 9.17) is 0 Å². The van der Waals surface area contributed by atoms with Crippen LogP contribution < -0.4 is 0 Å². The van der Waals surface area contributed by atoms with E-state index < -0.39 is 0 Å². The van der Waals surface area contributed by atoms with Crippen LogP contribution in [0.2, 0.25) is 0 Å². The van der Waals surface area contributed by atoms with Gasteiger partial charge in [0.15, 0.2) is 0 Å². The fourth-order valence-corrected chi connectivity index (χ4v) is 2.70. The molecule has 15 heavy (non-hydrogen) atoms. The largest absolute Gasteiger partial charge is 0.339 e. The third-order valence-corrected chi connectivity index (χ3v) is 3.81. The Morgan fingerprint density at radius 2 is 1.87 bits per heavy atom. The molecule has 0 N–H and O–H groups in total. The summed E-state index contributed by atoms with van der Waals surface area (Å²) in [6.45, 7) is 5.53. The molecule has 0 aromatic rings. The Morgan fingerprint density at radius 3 is 2.53 bits per heavy atom. The second kappa shape index (κ2) is 4.52. The second-order valence-corrected chi connectivity index (χ2v) is 5.22. The molecule has 0 aromatic heterocycles. The summed E-state index contributed by atoms with van der Waals surface area (Å²) in [5, 5.41) is 0. The summed E-state index contributed by atoms with van der Waals surface area (Å²) < 4.78 is 0. The molecule has 1 amide bonds. The van der Waals surface area contributed by atoms with Crippen LogP contribution in [-0.2, 0) is 4.79 Å². The SMILES string of the molecule is CC1CCC(=O)N(C2CCN(C)CC2)C1. The average Bonchev–Trinajstić information content (AvgIpc) is 2.23. The zero-order chi connectivity index (χ0) is 10.8. The number of nitrogens with zero attached hydrogens (tertiary/aromatic N) is 2. The molecule has 0 saturated carbocycles. The van der Waals surface area contributed by atoms with E-state index in [-0.39, 0.29) is 0 Å². The molecule has 2 aliphatic rings. The second-order valence-electron chi connectivity index (χ2n) is 5.22. The molecule has 86 valence electrons. The fraction of sp³-hybridized carbons (Fsp3) is 0.917. The molecule has 0 aromatic carbocycles. The van der Waals surface area contributed by atoms with Crippen LogP contribution in [0.5, 0.6) is 0 Å². The van der Waals surface area contributed by atoms with Crippen molar-refractivity contribution in [3.63, 3.8) is 0 Å². The highest BCUT2D eigenvalue weighted by Gasteiger charge is 2.30. The summed E-state index contributed by atoms with van der Waals surface area (Å²) in [6.07, 6.45) is 4.18. The van der Waals surface area contributed by atoms with Crippen LogP contribution in [-0.4, -0.2) is 48.4 Å². The quantitative estimate of drug-likeness (QED) is 0.652. The molecule has 1 unspecified atom stereocenters.